The molecule has 5 heterocycles. The number of halogens is 3. The van der Waals surface area contributed by atoms with Crippen LogP contribution in [0.25, 0.3) is 11.0 Å². The number of anilines is 3. The molecule has 1 spiro atoms. The molecule has 3 aliphatic rings. The minimum absolute atomic E-state index is 0.135. The van der Waals surface area contributed by atoms with Crippen molar-refractivity contribution in [2.75, 3.05) is 56.2 Å². The Balaban J connectivity index is 1.40. The molecule has 0 amide bonds. The van der Waals surface area contributed by atoms with E-state index in [1.165, 1.54) is 6.42 Å². The molecule has 0 radical (unpaired) electrons. The van der Waals surface area contributed by atoms with Crippen molar-refractivity contribution in [3.8, 4) is 0 Å². The van der Waals surface area contributed by atoms with E-state index in [1.807, 2.05) is 19.1 Å². The molecular formula is C27H36F3N9O. The number of hydrogen-bond donors (Lipinski definition) is 2. The number of piperazine rings is 1. The highest BCUT2D eigenvalue weighted by molar-refractivity contribution is 5.90. The van der Waals surface area contributed by atoms with Gasteiger partial charge < -0.3 is 20.3 Å². The van der Waals surface area contributed by atoms with Crippen LogP contribution in [0.3, 0.4) is 0 Å². The lowest BCUT2D eigenvalue weighted by atomic mass is 10.1. The number of hydrogen-bond acceptors (Lipinski definition) is 9. The Bertz CT molecular complexity index is 1330. The zero-order chi connectivity index (χ0) is 27.7. The molecule has 13 heteroatoms. The average Bonchev–Trinajstić information content (AvgIpc) is 3.57. The van der Waals surface area contributed by atoms with E-state index in [2.05, 4.69) is 25.4 Å². The van der Waals surface area contributed by atoms with Crippen LogP contribution in [0.2, 0.25) is 0 Å². The molecule has 0 aromatic carbocycles. The fourth-order valence-electron chi connectivity index (χ4n) is 5.64. The van der Waals surface area contributed by atoms with Crippen molar-refractivity contribution in [2.45, 2.75) is 63.8 Å². The van der Waals surface area contributed by atoms with Crippen LogP contribution >= 0.6 is 0 Å². The van der Waals surface area contributed by atoms with Crippen molar-refractivity contribution in [1.82, 2.24) is 34.9 Å². The van der Waals surface area contributed by atoms with Crippen molar-refractivity contribution < 1.29 is 17.9 Å². The number of aryl methyl sites for hydroxylation is 1. The molecular weight excluding hydrogens is 523 g/mol. The SMILES string of the molecule is Cc1ccnc(Nc2nc(N3CCNC4(CC4)C3)nc3c(CN4CCCCC4)nn(CCOCC(F)(F)F)c23)c1. The lowest BCUT2D eigenvalue weighted by Gasteiger charge is -2.34. The van der Waals surface area contributed by atoms with Gasteiger partial charge in [-0.25, -0.2) is 9.97 Å². The first-order valence-corrected chi connectivity index (χ1v) is 14.1. The van der Waals surface area contributed by atoms with Gasteiger partial charge in [0.05, 0.1) is 13.2 Å². The summed E-state index contributed by atoms with van der Waals surface area (Å²) in [6, 6.07) is 3.85. The summed E-state index contributed by atoms with van der Waals surface area (Å²) in [7, 11) is 0. The van der Waals surface area contributed by atoms with Crippen LogP contribution in [0.15, 0.2) is 18.3 Å². The number of ether oxygens (including phenoxy) is 1. The zero-order valence-corrected chi connectivity index (χ0v) is 22.8. The monoisotopic (exact) mass is 559 g/mol. The summed E-state index contributed by atoms with van der Waals surface area (Å²) in [5.41, 5.74) is 3.34. The lowest BCUT2D eigenvalue weighted by molar-refractivity contribution is -0.174. The Kier molecular flexibility index (Phi) is 7.53. The van der Waals surface area contributed by atoms with Crippen molar-refractivity contribution in [2.24, 2.45) is 0 Å². The number of rotatable bonds is 9. The Morgan fingerprint density at radius 3 is 2.70 bits per heavy atom. The van der Waals surface area contributed by atoms with E-state index in [-0.39, 0.29) is 18.7 Å². The number of pyridine rings is 1. The number of nitrogens with one attached hydrogen (secondary N) is 2. The normalized spacial score (nSPS) is 19.4. The molecule has 40 heavy (non-hydrogen) atoms. The van der Waals surface area contributed by atoms with E-state index in [4.69, 9.17) is 19.8 Å². The molecule has 1 aliphatic carbocycles. The fourth-order valence-corrected chi connectivity index (χ4v) is 5.64. The van der Waals surface area contributed by atoms with Gasteiger partial charge in [-0.05, 0) is 63.4 Å². The van der Waals surface area contributed by atoms with Crippen LogP contribution < -0.4 is 15.5 Å². The fraction of sp³-hybridized carbons (Fsp3) is 0.630. The molecule has 0 atom stereocenters. The van der Waals surface area contributed by atoms with E-state index in [9.17, 15) is 13.2 Å². The third-order valence-corrected chi connectivity index (χ3v) is 7.85. The van der Waals surface area contributed by atoms with Gasteiger partial charge in [0, 0.05) is 37.9 Å². The van der Waals surface area contributed by atoms with Crippen molar-refractivity contribution in [3.63, 3.8) is 0 Å². The van der Waals surface area contributed by atoms with E-state index in [0.717, 1.165) is 69.7 Å². The Morgan fingerprint density at radius 2 is 1.95 bits per heavy atom. The minimum atomic E-state index is -4.38. The van der Waals surface area contributed by atoms with Crippen molar-refractivity contribution in [1.29, 1.82) is 0 Å². The van der Waals surface area contributed by atoms with Crippen LogP contribution in [-0.4, -0.2) is 87.3 Å². The number of nitrogens with zero attached hydrogens (tertiary/aromatic N) is 7. The van der Waals surface area contributed by atoms with E-state index < -0.39 is 12.8 Å². The lowest BCUT2D eigenvalue weighted by Crippen LogP contribution is -2.53. The molecule has 3 fully saturated rings. The molecule has 0 unspecified atom stereocenters. The van der Waals surface area contributed by atoms with Crippen LogP contribution in [0.5, 0.6) is 0 Å². The van der Waals surface area contributed by atoms with Gasteiger partial charge in [0.25, 0.3) is 0 Å². The first-order valence-electron chi connectivity index (χ1n) is 14.1. The number of alkyl halides is 3. The smallest absolute Gasteiger partial charge is 0.370 e. The highest BCUT2D eigenvalue weighted by Crippen LogP contribution is 2.39. The largest absolute Gasteiger partial charge is 0.411 e. The van der Waals surface area contributed by atoms with Crippen molar-refractivity contribution >= 4 is 28.6 Å². The van der Waals surface area contributed by atoms with Crippen LogP contribution in [0, 0.1) is 6.92 Å². The first-order chi connectivity index (χ1) is 19.3. The molecule has 0 bridgehead atoms. The predicted octanol–water partition coefficient (Wildman–Crippen LogP) is 3.78. The number of piperidine rings is 1. The summed E-state index contributed by atoms with van der Waals surface area (Å²) in [6.45, 7) is 5.78. The summed E-state index contributed by atoms with van der Waals surface area (Å²) >= 11 is 0. The second kappa shape index (κ2) is 11.1. The van der Waals surface area contributed by atoms with Gasteiger partial charge in [0.1, 0.15) is 29.2 Å². The van der Waals surface area contributed by atoms with Gasteiger partial charge in [-0.1, -0.05) is 6.42 Å². The van der Waals surface area contributed by atoms with Gasteiger partial charge >= 0.3 is 6.18 Å². The van der Waals surface area contributed by atoms with Gasteiger partial charge in [-0.15, -0.1) is 0 Å². The molecule has 2 N–H and O–H groups in total. The Hall–Kier alpha value is -3.03. The maximum absolute atomic E-state index is 12.7. The maximum atomic E-state index is 12.7. The number of fused-ring (bicyclic) bond motifs is 1. The highest BCUT2D eigenvalue weighted by Gasteiger charge is 2.46. The standard InChI is InChI=1S/C27H36F3N9O/c1-19-5-8-31-21(15-19)33-24-23-22(34-25(35-24)38-12-9-32-26(17-38)6-7-26)20(16-37-10-3-2-4-11-37)36-39(23)13-14-40-18-27(28,29)30/h5,8,15,32H,2-4,6-7,9-14,16-18H2,1H3,(H,31,33,34,35). The van der Waals surface area contributed by atoms with E-state index in [0.29, 0.717) is 35.2 Å². The summed E-state index contributed by atoms with van der Waals surface area (Å²) in [6.07, 6.45) is 3.12. The van der Waals surface area contributed by atoms with Crippen LogP contribution in [-0.2, 0) is 17.8 Å². The highest BCUT2D eigenvalue weighted by atomic mass is 19.4. The van der Waals surface area contributed by atoms with Gasteiger partial charge in [-0.3, -0.25) is 9.58 Å². The second-order valence-electron chi connectivity index (χ2n) is 11.2. The maximum Gasteiger partial charge on any atom is 0.411 e. The summed E-state index contributed by atoms with van der Waals surface area (Å²) in [5, 5.41) is 11.9. The van der Waals surface area contributed by atoms with E-state index in [1.54, 1.807) is 10.9 Å². The predicted molar refractivity (Wildman–Crippen MR) is 146 cm³/mol. The van der Waals surface area contributed by atoms with Gasteiger partial charge in [-0.2, -0.15) is 23.3 Å². The number of aromatic nitrogens is 5. The zero-order valence-electron chi connectivity index (χ0n) is 22.8. The van der Waals surface area contributed by atoms with Gasteiger partial charge in [0.15, 0.2) is 5.82 Å². The first kappa shape index (κ1) is 27.2. The second-order valence-corrected chi connectivity index (χ2v) is 11.2. The molecule has 10 nitrogen and oxygen atoms in total. The molecule has 1 saturated carbocycles. The molecule has 2 saturated heterocycles. The molecule has 2 aliphatic heterocycles. The Labute approximate surface area is 231 Å². The molecule has 216 valence electrons. The topological polar surface area (TPSA) is 96.3 Å². The summed E-state index contributed by atoms with van der Waals surface area (Å²) < 4.78 is 44.8. The Morgan fingerprint density at radius 1 is 1.12 bits per heavy atom. The van der Waals surface area contributed by atoms with Gasteiger partial charge in [0.2, 0.25) is 5.95 Å². The quantitative estimate of drug-likeness (QED) is 0.380. The van der Waals surface area contributed by atoms with E-state index >= 15 is 0 Å². The minimum Gasteiger partial charge on any atom is -0.370 e. The molecule has 6 rings (SSSR count). The van der Waals surface area contributed by atoms with Crippen LogP contribution in [0.4, 0.5) is 30.8 Å². The summed E-state index contributed by atoms with van der Waals surface area (Å²) in [5.74, 6) is 1.79. The third kappa shape index (κ3) is 6.31. The average molecular weight is 560 g/mol. The number of likely N-dealkylation sites (tertiary alicyclic amines) is 1. The third-order valence-electron chi connectivity index (χ3n) is 7.85. The molecule has 3 aromatic rings. The summed E-state index contributed by atoms with van der Waals surface area (Å²) in [4.78, 5) is 19.1. The van der Waals surface area contributed by atoms with Crippen molar-refractivity contribution in [3.05, 3.63) is 29.6 Å². The molecule has 3 aromatic heterocycles. The van der Waals surface area contributed by atoms with Crippen LogP contribution in [0.1, 0.15) is 43.4 Å².